The summed E-state index contributed by atoms with van der Waals surface area (Å²) in [4.78, 5) is 11.8. The fraction of sp³-hybridized carbons (Fsp3) is 0.0556. The van der Waals surface area contributed by atoms with Crippen LogP contribution < -0.4 is 10.2 Å². The van der Waals surface area contributed by atoms with E-state index in [1.165, 1.54) is 18.3 Å². The Labute approximate surface area is 164 Å². The second-order valence-electron chi connectivity index (χ2n) is 5.39. The zero-order chi connectivity index (χ0) is 19.2. The molecule has 9 heteroatoms. The minimum atomic E-state index is -0.497. The lowest BCUT2D eigenvalue weighted by Gasteiger charge is -2.03. The van der Waals surface area contributed by atoms with Crippen molar-refractivity contribution in [2.45, 2.75) is 0 Å². The van der Waals surface area contributed by atoms with Crippen LogP contribution in [-0.4, -0.2) is 34.0 Å². The van der Waals surface area contributed by atoms with Gasteiger partial charge in [0, 0.05) is 16.7 Å². The molecule has 0 saturated heterocycles. The highest BCUT2D eigenvalue weighted by molar-refractivity contribution is 6.36. The summed E-state index contributed by atoms with van der Waals surface area (Å²) in [6.45, 7) is -0.279. The normalized spacial score (nSPS) is 10.9. The Kier molecular flexibility index (Phi) is 5.95. The van der Waals surface area contributed by atoms with Crippen molar-refractivity contribution >= 4 is 35.3 Å². The number of nitrogens with zero attached hydrogens (tertiary/aromatic N) is 2. The van der Waals surface area contributed by atoms with Gasteiger partial charge < -0.3 is 9.84 Å². The third-order valence-corrected chi connectivity index (χ3v) is 3.95. The van der Waals surface area contributed by atoms with Gasteiger partial charge in [-0.25, -0.2) is 5.43 Å². The average molecular weight is 405 g/mol. The summed E-state index contributed by atoms with van der Waals surface area (Å²) >= 11 is 11.7. The molecule has 0 aliphatic heterocycles. The predicted octanol–water partition coefficient (Wildman–Crippen LogP) is 3.62. The maximum absolute atomic E-state index is 11.8. The Hall–Kier alpha value is -3.03. The Morgan fingerprint density at radius 2 is 2.04 bits per heavy atom. The monoisotopic (exact) mass is 404 g/mol. The molecule has 3 rings (SSSR count). The van der Waals surface area contributed by atoms with Gasteiger partial charge in [0.25, 0.3) is 5.91 Å². The molecule has 1 amide bonds. The Bertz CT molecular complexity index is 974. The molecule has 0 spiro atoms. The second kappa shape index (κ2) is 8.57. The summed E-state index contributed by atoms with van der Waals surface area (Å²) in [6, 6.07) is 14.1. The number of halogens is 2. The van der Waals surface area contributed by atoms with Gasteiger partial charge in [-0.15, -0.1) is 5.10 Å². The van der Waals surface area contributed by atoms with Crippen LogP contribution in [0.15, 0.2) is 53.6 Å². The number of carbonyl (C=O) groups excluding carboxylic acids is 1. The molecule has 0 unspecified atom stereocenters. The first-order valence-corrected chi connectivity index (χ1v) is 8.52. The molecule has 3 N–H and O–H groups in total. The topological polar surface area (TPSA) is 99.6 Å². The maximum atomic E-state index is 11.8. The number of aromatic amines is 1. The summed E-state index contributed by atoms with van der Waals surface area (Å²) in [6.07, 6.45) is 1.23. The number of H-pyrrole nitrogens is 1. The van der Waals surface area contributed by atoms with Gasteiger partial charge in [-0.3, -0.25) is 9.89 Å². The molecular formula is C18H14Cl2N4O3. The first kappa shape index (κ1) is 18.8. The third kappa shape index (κ3) is 4.99. The quantitative estimate of drug-likeness (QED) is 0.431. The molecule has 0 aliphatic carbocycles. The molecule has 1 aromatic heterocycles. The van der Waals surface area contributed by atoms with E-state index in [1.807, 2.05) is 30.3 Å². The standard InChI is InChI=1S/C18H14Cl2N4O3/c19-13-6-12(18(26)14(20)7-13)9-21-23-16(25)10-27-17-8-15(22-24-17)11-4-2-1-3-5-11/h1-9,26H,10H2,(H,22,24)(H,23,25)/b21-9+. The third-order valence-electron chi connectivity index (χ3n) is 3.44. The highest BCUT2D eigenvalue weighted by atomic mass is 35.5. The molecule has 1 heterocycles. The maximum Gasteiger partial charge on any atom is 0.278 e. The average Bonchev–Trinajstić information content (AvgIpc) is 3.14. The molecule has 0 atom stereocenters. The Morgan fingerprint density at radius 3 is 2.81 bits per heavy atom. The van der Waals surface area contributed by atoms with E-state index >= 15 is 0 Å². The number of hydrogen-bond donors (Lipinski definition) is 3. The fourth-order valence-electron chi connectivity index (χ4n) is 2.17. The van der Waals surface area contributed by atoms with Gasteiger partial charge >= 0.3 is 0 Å². The van der Waals surface area contributed by atoms with Crippen LogP contribution in [0.4, 0.5) is 0 Å². The summed E-state index contributed by atoms with van der Waals surface area (Å²) in [5, 5.41) is 20.8. The minimum Gasteiger partial charge on any atom is -0.506 e. The lowest BCUT2D eigenvalue weighted by molar-refractivity contribution is -0.123. The fourth-order valence-corrected chi connectivity index (χ4v) is 2.68. The molecule has 3 aromatic rings. The number of benzene rings is 2. The highest BCUT2D eigenvalue weighted by Gasteiger charge is 2.08. The van der Waals surface area contributed by atoms with E-state index in [4.69, 9.17) is 27.9 Å². The van der Waals surface area contributed by atoms with E-state index in [0.29, 0.717) is 5.02 Å². The zero-order valence-electron chi connectivity index (χ0n) is 13.8. The van der Waals surface area contributed by atoms with Crippen molar-refractivity contribution in [3.63, 3.8) is 0 Å². The van der Waals surface area contributed by atoms with E-state index in [2.05, 4.69) is 20.7 Å². The van der Waals surface area contributed by atoms with Crippen molar-refractivity contribution in [1.82, 2.24) is 15.6 Å². The molecule has 27 heavy (non-hydrogen) atoms. The van der Waals surface area contributed by atoms with E-state index in [-0.39, 0.29) is 28.8 Å². The minimum absolute atomic E-state index is 0.0892. The van der Waals surface area contributed by atoms with Crippen molar-refractivity contribution < 1.29 is 14.6 Å². The van der Waals surface area contributed by atoms with Crippen molar-refractivity contribution in [3.8, 4) is 22.9 Å². The molecule has 0 radical (unpaired) electrons. The first-order chi connectivity index (χ1) is 13.0. The van der Waals surface area contributed by atoms with Crippen molar-refractivity contribution in [2.75, 3.05) is 6.61 Å². The highest BCUT2D eigenvalue weighted by Crippen LogP contribution is 2.29. The number of nitrogens with one attached hydrogen (secondary N) is 2. The number of phenolic OH excluding ortho intramolecular Hbond substituents is 1. The van der Waals surface area contributed by atoms with Crippen molar-refractivity contribution in [1.29, 1.82) is 0 Å². The molecule has 138 valence electrons. The molecule has 0 fully saturated rings. The van der Waals surface area contributed by atoms with Gasteiger partial charge in [0.15, 0.2) is 6.61 Å². The van der Waals surface area contributed by atoms with E-state index < -0.39 is 5.91 Å². The molecule has 7 nitrogen and oxygen atoms in total. The lowest BCUT2D eigenvalue weighted by atomic mass is 10.2. The van der Waals surface area contributed by atoms with Crippen LogP contribution in [0.1, 0.15) is 5.56 Å². The van der Waals surface area contributed by atoms with Crippen molar-refractivity contribution in [2.24, 2.45) is 5.10 Å². The number of rotatable bonds is 6. The van der Waals surface area contributed by atoms with Crippen LogP contribution in [0, 0.1) is 0 Å². The van der Waals surface area contributed by atoms with Gasteiger partial charge in [0.2, 0.25) is 5.88 Å². The smallest absolute Gasteiger partial charge is 0.278 e. The van der Waals surface area contributed by atoms with E-state index in [9.17, 15) is 9.90 Å². The number of hydrazone groups is 1. The number of ether oxygens (including phenoxy) is 1. The van der Waals surface area contributed by atoms with Crippen LogP contribution in [0.2, 0.25) is 10.0 Å². The van der Waals surface area contributed by atoms with Gasteiger partial charge in [0.05, 0.1) is 16.9 Å². The van der Waals surface area contributed by atoms with Crippen LogP contribution >= 0.6 is 23.2 Å². The lowest BCUT2D eigenvalue weighted by Crippen LogP contribution is -2.24. The largest absolute Gasteiger partial charge is 0.506 e. The summed E-state index contributed by atoms with van der Waals surface area (Å²) in [7, 11) is 0. The number of amides is 1. The number of aromatic hydroxyl groups is 1. The Balaban J connectivity index is 1.53. The molecule has 0 saturated carbocycles. The predicted molar refractivity (Wildman–Crippen MR) is 103 cm³/mol. The van der Waals surface area contributed by atoms with Gasteiger partial charge in [-0.2, -0.15) is 5.10 Å². The number of carbonyl (C=O) groups is 1. The SMILES string of the molecule is O=C(COc1cc(-c2ccccc2)[nH]n1)N/N=C/c1cc(Cl)cc(Cl)c1O. The number of phenols is 1. The number of aromatic nitrogens is 2. The summed E-state index contributed by atoms with van der Waals surface area (Å²) in [5.74, 6) is -0.393. The molecular weight excluding hydrogens is 391 g/mol. The van der Waals surface area contributed by atoms with E-state index in [1.54, 1.807) is 6.07 Å². The van der Waals surface area contributed by atoms with Gasteiger partial charge in [0.1, 0.15) is 5.75 Å². The molecule has 0 bridgehead atoms. The van der Waals surface area contributed by atoms with Crippen LogP contribution in [0.5, 0.6) is 11.6 Å². The first-order valence-electron chi connectivity index (χ1n) is 7.76. The van der Waals surface area contributed by atoms with Crippen LogP contribution in [-0.2, 0) is 4.79 Å². The van der Waals surface area contributed by atoms with Gasteiger partial charge in [-0.1, -0.05) is 53.5 Å². The zero-order valence-corrected chi connectivity index (χ0v) is 15.3. The second-order valence-corrected chi connectivity index (χ2v) is 6.24. The van der Waals surface area contributed by atoms with Gasteiger partial charge in [-0.05, 0) is 17.7 Å². The molecule has 0 aliphatic rings. The van der Waals surface area contributed by atoms with Crippen LogP contribution in [0.3, 0.4) is 0 Å². The number of hydrogen-bond acceptors (Lipinski definition) is 5. The summed E-state index contributed by atoms with van der Waals surface area (Å²) < 4.78 is 5.31. The van der Waals surface area contributed by atoms with E-state index in [0.717, 1.165) is 11.3 Å². The summed E-state index contributed by atoms with van der Waals surface area (Å²) in [5.41, 5.74) is 4.28. The van der Waals surface area contributed by atoms with Crippen molar-refractivity contribution in [3.05, 3.63) is 64.1 Å². The molecule has 2 aromatic carbocycles. The Morgan fingerprint density at radius 1 is 1.26 bits per heavy atom. The van der Waals surface area contributed by atoms with Crippen LogP contribution in [0.25, 0.3) is 11.3 Å².